The fraction of sp³-hybridized carbons (Fsp3) is 0.542. The molecule has 1 aromatic carbocycles. The van der Waals surface area contributed by atoms with E-state index in [9.17, 15) is 4.79 Å². The zero-order valence-corrected chi connectivity index (χ0v) is 16.3. The molecule has 0 radical (unpaired) electrons. The molecule has 0 amide bonds. The highest BCUT2D eigenvalue weighted by Crippen LogP contribution is 2.45. The van der Waals surface area contributed by atoms with Gasteiger partial charge >= 0.3 is 5.97 Å². The van der Waals surface area contributed by atoms with Gasteiger partial charge in [0.2, 0.25) is 0 Å². The molecule has 1 N–H and O–H groups in total. The maximum Gasteiger partial charge on any atom is 0.304 e. The molecule has 0 aromatic heterocycles. The average Bonchev–Trinajstić information content (AvgIpc) is 2.67. The van der Waals surface area contributed by atoms with E-state index in [2.05, 4.69) is 17.9 Å². The Bertz CT molecular complexity index is 727. The van der Waals surface area contributed by atoms with Crippen molar-refractivity contribution < 1.29 is 14.6 Å². The van der Waals surface area contributed by atoms with E-state index in [-0.39, 0.29) is 12.3 Å². The first-order valence-electron chi connectivity index (χ1n) is 10.2. The molecule has 2 aliphatic carbocycles. The number of hydrogen-bond acceptors (Lipinski definition) is 2. The molecular formula is C24H30O3. The Kier molecular flexibility index (Phi) is 6.61. The van der Waals surface area contributed by atoms with Crippen LogP contribution in [0, 0.1) is 17.3 Å². The predicted molar refractivity (Wildman–Crippen MR) is 108 cm³/mol. The number of ether oxygens (including phenoxy) is 1. The van der Waals surface area contributed by atoms with Crippen molar-refractivity contribution in [1.29, 1.82) is 0 Å². The summed E-state index contributed by atoms with van der Waals surface area (Å²) in [5.41, 5.74) is 2.81. The van der Waals surface area contributed by atoms with Crippen LogP contribution < -0.4 is 4.74 Å². The number of carboxylic acid groups (broad SMARTS) is 1. The summed E-state index contributed by atoms with van der Waals surface area (Å²) in [6.07, 6.45) is 13.1. The normalized spacial score (nSPS) is 19.5. The Hall–Kier alpha value is -2.21. The second-order valence-electron chi connectivity index (χ2n) is 7.98. The van der Waals surface area contributed by atoms with Gasteiger partial charge in [-0.1, -0.05) is 43.4 Å². The molecule has 0 saturated heterocycles. The van der Waals surface area contributed by atoms with Gasteiger partial charge in [0.15, 0.2) is 0 Å². The predicted octanol–water partition coefficient (Wildman–Crippen LogP) is 5.71. The minimum absolute atomic E-state index is 0.0238. The highest BCUT2D eigenvalue weighted by molar-refractivity contribution is 5.69. The van der Waals surface area contributed by atoms with Gasteiger partial charge in [-0.2, -0.15) is 0 Å². The summed E-state index contributed by atoms with van der Waals surface area (Å²) in [5.74, 6) is 5.55. The van der Waals surface area contributed by atoms with E-state index in [1.165, 1.54) is 50.5 Å². The van der Waals surface area contributed by atoms with Crippen molar-refractivity contribution in [3.05, 3.63) is 41.5 Å². The van der Waals surface area contributed by atoms with E-state index < -0.39 is 5.97 Å². The Labute approximate surface area is 162 Å². The molecule has 27 heavy (non-hydrogen) atoms. The van der Waals surface area contributed by atoms with E-state index in [0.29, 0.717) is 12.0 Å². The SMILES string of the molecule is CC#CC(CC(=O)O)c1ccc(OCC2=CC3(CCCCC3)CCC2)cc1. The molecule has 1 saturated carbocycles. The van der Waals surface area contributed by atoms with Gasteiger partial charge in [-0.25, -0.2) is 0 Å². The van der Waals surface area contributed by atoms with Crippen molar-refractivity contribution in [1.82, 2.24) is 0 Å². The average molecular weight is 367 g/mol. The minimum atomic E-state index is -0.830. The summed E-state index contributed by atoms with van der Waals surface area (Å²) in [4.78, 5) is 11.0. The highest BCUT2D eigenvalue weighted by Gasteiger charge is 2.32. The van der Waals surface area contributed by atoms with Crippen molar-refractivity contribution >= 4 is 5.97 Å². The molecule has 0 bridgehead atoms. The summed E-state index contributed by atoms with van der Waals surface area (Å²) in [5, 5.41) is 9.06. The number of allylic oxidation sites excluding steroid dienone is 1. The van der Waals surface area contributed by atoms with Crippen molar-refractivity contribution in [2.24, 2.45) is 5.41 Å². The smallest absolute Gasteiger partial charge is 0.304 e. The number of benzene rings is 1. The fourth-order valence-corrected chi connectivity index (χ4v) is 4.58. The monoisotopic (exact) mass is 366 g/mol. The number of carbonyl (C=O) groups is 1. The van der Waals surface area contributed by atoms with Crippen molar-refractivity contribution in [3.63, 3.8) is 0 Å². The van der Waals surface area contributed by atoms with Gasteiger partial charge in [0.05, 0.1) is 12.3 Å². The largest absolute Gasteiger partial charge is 0.489 e. The van der Waals surface area contributed by atoms with E-state index in [1.54, 1.807) is 6.92 Å². The molecular weight excluding hydrogens is 336 g/mol. The standard InChI is InChI=1S/C24H30O3/c1-2-7-21(16-23(25)26)20-9-11-22(12-10-20)27-18-19-8-6-15-24(17-19)13-4-3-5-14-24/h9-12,17,21H,3-6,8,13-16,18H2,1H3,(H,25,26). The van der Waals surface area contributed by atoms with Gasteiger partial charge in [-0.3, -0.25) is 4.79 Å². The maximum absolute atomic E-state index is 11.0. The van der Waals surface area contributed by atoms with Crippen LogP contribution in [-0.4, -0.2) is 17.7 Å². The first-order chi connectivity index (χ1) is 13.1. The van der Waals surface area contributed by atoms with Crippen LogP contribution in [0.3, 0.4) is 0 Å². The fourth-order valence-electron chi connectivity index (χ4n) is 4.58. The van der Waals surface area contributed by atoms with Gasteiger partial charge in [0, 0.05) is 0 Å². The Balaban J connectivity index is 1.61. The number of rotatable bonds is 6. The van der Waals surface area contributed by atoms with Crippen LogP contribution in [0.1, 0.15) is 76.2 Å². The highest BCUT2D eigenvalue weighted by atomic mass is 16.5. The zero-order chi connectivity index (χ0) is 19.1. The molecule has 1 aromatic rings. The molecule has 1 unspecified atom stereocenters. The minimum Gasteiger partial charge on any atom is -0.489 e. The molecule has 1 fully saturated rings. The van der Waals surface area contributed by atoms with E-state index in [0.717, 1.165) is 17.7 Å². The molecule has 0 aliphatic heterocycles. The summed E-state index contributed by atoms with van der Waals surface area (Å²) in [6.45, 7) is 2.40. The summed E-state index contributed by atoms with van der Waals surface area (Å²) in [7, 11) is 0. The van der Waals surface area contributed by atoms with Gasteiger partial charge < -0.3 is 9.84 Å². The van der Waals surface area contributed by atoms with E-state index in [4.69, 9.17) is 9.84 Å². The molecule has 2 aliphatic rings. The van der Waals surface area contributed by atoms with Crippen LogP contribution in [-0.2, 0) is 4.79 Å². The number of aliphatic carboxylic acids is 1. The van der Waals surface area contributed by atoms with Crippen LogP contribution in [0.15, 0.2) is 35.9 Å². The second kappa shape index (κ2) is 9.13. The van der Waals surface area contributed by atoms with Crippen LogP contribution in [0.2, 0.25) is 0 Å². The van der Waals surface area contributed by atoms with Crippen molar-refractivity contribution in [3.8, 4) is 17.6 Å². The third kappa shape index (κ3) is 5.39. The summed E-state index contributed by atoms with van der Waals surface area (Å²) in [6, 6.07) is 7.74. The molecule has 0 heterocycles. The maximum atomic E-state index is 11.0. The van der Waals surface area contributed by atoms with Gasteiger partial charge in [0.25, 0.3) is 0 Å². The number of hydrogen-bond donors (Lipinski definition) is 1. The molecule has 144 valence electrons. The first-order valence-corrected chi connectivity index (χ1v) is 10.2. The number of carboxylic acids is 1. The summed E-state index contributed by atoms with van der Waals surface area (Å²) >= 11 is 0. The quantitative estimate of drug-likeness (QED) is 0.518. The zero-order valence-electron chi connectivity index (χ0n) is 16.3. The van der Waals surface area contributed by atoms with Crippen LogP contribution >= 0.6 is 0 Å². The lowest BCUT2D eigenvalue weighted by molar-refractivity contribution is -0.137. The molecule has 3 rings (SSSR count). The van der Waals surface area contributed by atoms with E-state index in [1.807, 2.05) is 24.3 Å². The van der Waals surface area contributed by atoms with E-state index >= 15 is 0 Å². The van der Waals surface area contributed by atoms with Crippen molar-refractivity contribution in [2.75, 3.05) is 6.61 Å². The Morgan fingerprint density at radius 1 is 1.15 bits per heavy atom. The molecule has 1 atom stereocenters. The Morgan fingerprint density at radius 3 is 2.52 bits per heavy atom. The topological polar surface area (TPSA) is 46.5 Å². The first kappa shape index (κ1) is 19.5. The summed E-state index contributed by atoms with van der Waals surface area (Å²) < 4.78 is 6.03. The van der Waals surface area contributed by atoms with Gasteiger partial charge in [-0.05, 0) is 67.7 Å². The van der Waals surface area contributed by atoms with Gasteiger partial charge in [-0.15, -0.1) is 5.92 Å². The lowest BCUT2D eigenvalue weighted by atomic mass is 9.67. The lowest BCUT2D eigenvalue weighted by Crippen LogP contribution is -2.25. The van der Waals surface area contributed by atoms with Crippen LogP contribution in [0.25, 0.3) is 0 Å². The molecule has 1 spiro atoms. The van der Waals surface area contributed by atoms with Crippen LogP contribution in [0.4, 0.5) is 0 Å². The molecule has 3 nitrogen and oxygen atoms in total. The third-order valence-corrected chi connectivity index (χ3v) is 5.94. The molecule has 3 heteroatoms. The van der Waals surface area contributed by atoms with Gasteiger partial charge in [0.1, 0.15) is 12.4 Å². The lowest BCUT2D eigenvalue weighted by Gasteiger charge is -2.38. The van der Waals surface area contributed by atoms with Crippen LogP contribution in [0.5, 0.6) is 5.75 Å². The van der Waals surface area contributed by atoms with Crippen molar-refractivity contribution in [2.45, 2.75) is 70.6 Å². The Morgan fingerprint density at radius 2 is 1.85 bits per heavy atom. The second-order valence-corrected chi connectivity index (χ2v) is 7.98. The third-order valence-electron chi connectivity index (χ3n) is 5.94.